The van der Waals surface area contributed by atoms with Crippen molar-refractivity contribution >= 4 is 23.5 Å². The van der Waals surface area contributed by atoms with E-state index in [-0.39, 0.29) is 11.2 Å². The number of nitrogens with two attached hydrogens (primary N) is 1. The van der Waals surface area contributed by atoms with Crippen molar-refractivity contribution in [3.63, 3.8) is 0 Å². The topological polar surface area (TPSA) is 84.9 Å². The fourth-order valence-corrected chi connectivity index (χ4v) is 5.22. The van der Waals surface area contributed by atoms with Crippen molar-refractivity contribution in [2.24, 2.45) is 5.73 Å². The molecule has 2 heterocycles. The molecular weight excluding hydrogens is 286 g/mol. The van der Waals surface area contributed by atoms with Gasteiger partial charge in [0.05, 0.1) is 23.3 Å². The molecule has 0 bridgehead atoms. The van der Waals surface area contributed by atoms with Gasteiger partial charge in [-0.1, -0.05) is 0 Å². The molecule has 19 heavy (non-hydrogen) atoms. The molecular formula is C12H23NO4S2. The van der Waals surface area contributed by atoms with Gasteiger partial charge in [0, 0.05) is 0 Å². The molecule has 2 fully saturated rings. The number of hydrogen-bond donors (Lipinski definition) is 3. The van der Waals surface area contributed by atoms with Crippen LogP contribution in [0.2, 0.25) is 0 Å². The summed E-state index contributed by atoms with van der Waals surface area (Å²) in [5.41, 5.74) is 6.08. The van der Waals surface area contributed by atoms with Gasteiger partial charge in [-0.3, -0.25) is 0 Å². The highest BCUT2D eigenvalue weighted by atomic mass is 32.2. The third kappa shape index (κ3) is 4.00. The maximum atomic E-state index is 10.2. The summed E-state index contributed by atoms with van der Waals surface area (Å²) in [5, 5.41) is 20.4. The van der Waals surface area contributed by atoms with E-state index in [4.69, 9.17) is 15.2 Å². The lowest BCUT2D eigenvalue weighted by molar-refractivity contribution is -0.161. The fourth-order valence-electron chi connectivity index (χ4n) is 2.22. The summed E-state index contributed by atoms with van der Waals surface area (Å²) in [5.74, 6) is 1.41. The van der Waals surface area contributed by atoms with E-state index >= 15 is 0 Å². The minimum absolute atomic E-state index is 0.133. The molecule has 0 aromatic carbocycles. The van der Waals surface area contributed by atoms with Gasteiger partial charge in [-0.2, -0.15) is 0 Å². The van der Waals surface area contributed by atoms with Crippen molar-refractivity contribution in [2.75, 3.05) is 18.1 Å². The van der Waals surface area contributed by atoms with Crippen LogP contribution in [0.1, 0.15) is 20.3 Å². The quantitative estimate of drug-likeness (QED) is 0.692. The van der Waals surface area contributed by atoms with Crippen molar-refractivity contribution < 1.29 is 19.7 Å². The van der Waals surface area contributed by atoms with Gasteiger partial charge in [-0.05, 0) is 31.8 Å². The Balaban J connectivity index is 1.89. The molecule has 0 aromatic rings. The largest absolute Gasteiger partial charge is 0.389 e. The zero-order valence-electron chi connectivity index (χ0n) is 11.3. The summed E-state index contributed by atoms with van der Waals surface area (Å²) < 4.78 is 11.1. The lowest BCUT2D eigenvalue weighted by Gasteiger charge is -2.33. The van der Waals surface area contributed by atoms with Crippen LogP contribution >= 0.6 is 23.5 Å². The van der Waals surface area contributed by atoms with Crippen LogP contribution < -0.4 is 5.73 Å². The van der Waals surface area contributed by atoms with Crippen LogP contribution in [-0.4, -0.2) is 63.0 Å². The highest BCUT2D eigenvalue weighted by Crippen LogP contribution is 2.34. The van der Waals surface area contributed by atoms with E-state index in [1.54, 1.807) is 37.4 Å². The van der Waals surface area contributed by atoms with Crippen molar-refractivity contribution in [1.29, 1.82) is 0 Å². The van der Waals surface area contributed by atoms with E-state index < -0.39 is 30.1 Å². The summed E-state index contributed by atoms with van der Waals surface area (Å²) in [7, 11) is 0. The molecule has 2 rings (SSSR count). The van der Waals surface area contributed by atoms with Gasteiger partial charge in [-0.15, -0.1) is 23.5 Å². The first kappa shape index (κ1) is 15.9. The number of ether oxygens (including phenoxy) is 2. The minimum Gasteiger partial charge on any atom is -0.389 e. The maximum Gasteiger partial charge on any atom is 0.163 e. The van der Waals surface area contributed by atoms with E-state index in [0.29, 0.717) is 0 Å². The average molecular weight is 309 g/mol. The summed E-state index contributed by atoms with van der Waals surface area (Å²) in [6.07, 6.45) is -1.36. The van der Waals surface area contributed by atoms with Crippen LogP contribution in [-0.2, 0) is 9.47 Å². The fraction of sp³-hybridized carbons (Fsp3) is 1.00. The highest BCUT2D eigenvalue weighted by Gasteiger charge is 2.42. The van der Waals surface area contributed by atoms with Gasteiger partial charge >= 0.3 is 0 Å². The SMILES string of the molecule is CC1(C)OC[C@H]([C@@H](O)[C@H](O)[C@@H](N)C2SCCCS2)O1. The standard InChI is InChI=1S/C12H23NO4S2/c1-12(2)16-6-7(17-12)9(14)10(15)8(13)11-18-4-3-5-19-11/h7-11,14-15H,3-6,13H2,1-2H3/t7-,8-,9-,10-/m1/s1. The van der Waals surface area contributed by atoms with Gasteiger partial charge in [-0.25, -0.2) is 0 Å². The first-order valence-corrected chi connectivity index (χ1v) is 8.67. The van der Waals surface area contributed by atoms with Crippen LogP contribution in [0.25, 0.3) is 0 Å². The van der Waals surface area contributed by atoms with Crippen LogP contribution in [0.3, 0.4) is 0 Å². The first-order valence-electron chi connectivity index (χ1n) is 6.57. The molecule has 0 amide bonds. The Labute approximate surface area is 122 Å². The Hall–Kier alpha value is 0.500. The van der Waals surface area contributed by atoms with Gasteiger partial charge in [0.25, 0.3) is 0 Å². The Morgan fingerprint density at radius 2 is 1.89 bits per heavy atom. The third-order valence-electron chi connectivity index (χ3n) is 3.32. The van der Waals surface area contributed by atoms with Gasteiger partial charge < -0.3 is 25.4 Å². The number of rotatable bonds is 4. The molecule has 0 spiro atoms. The van der Waals surface area contributed by atoms with Crippen LogP contribution in [0.15, 0.2) is 0 Å². The molecule has 7 heteroatoms. The summed E-state index contributed by atoms with van der Waals surface area (Å²) in [6, 6.07) is -0.461. The minimum atomic E-state index is -1.01. The first-order chi connectivity index (χ1) is 8.91. The van der Waals surface area contributed by atoms with E-state index in [1.807, 2.05) is 0 Å². The van der Waals surface area contributed by atoms with Gasteiger partial charge in [0.1, 0.15) is 12.2 Å². The molecule has 4 atom stereocenters. The van der Waals surface area contributed by atoms with E-state index in [0.717, 1.165) is 11.5 Å². The number of thioether (sulfide) groups is 2. The normalized spacial score (nSPS) is 33.0. The predicted molar refractivity (Wildman–Crippen MR) is 78.2 cm³/mol. The zero-order chi connectivity index (χ0) is 14.0. The zero-order valence-corrected chi connectivity index (χ0v) is 13.0. The second-order valence-electron chi connectivity index (χ2n) is 5.39. The predicted octanol–water partition coefficient (Wildman–Crippen LogP) is 0.383. The monoisotopic (exact) mass is 309 g/mol. The Morgan fingerprint density at radius 1 is 1.26 bits per heavy atom. The summed E-state index contributed by atoms with van der Waals surface area (Å²) in [4.78, 5) is 0. The number of hydrogen-bond acceptors (Lipinski definition) is 7. The molecule has 2 saturated heterocycles. The molecule has 0 aromatic heterocycles. The summed E-state index contributed by atoms with van der Waals surface area (Å²) in [6.45, 7) is 3.86. The van der Waals surface area contributed by atoms with Crippen molar-refractivity contribution in [3.8, 4) is 0 Å². The number of aliphatic hydroxyl groups is 2. The van der Waals surface area contributed by atoms with Crippen molar-refractivity contribution in [1.82, 2.24) is 0 Å². The van der Waals surface area contributed by atoms with Crippen LogP contribution in [0.4, 0.5) is 0 Å². The van der Waals surface area contributed by atoms with Crippen LogP contribution in [0, 0.1) is 0 Å². The second-order valence-corrected chi connectivity index (χ2v) is 8.19. The Bertz CT molecular complexity index is 299. The van der Waals surface area contributed by atoms with E-state index in [2.05, 4.69) is 0 Å². The maximum absolute atomic E-state index is 10.2. The molecule has 0 saturated carbocycles. The van der Waals surface area contributed by atoms with E-state index in [9.17, 15) is 10.2 Å². The number of aliphatic hydroxyl groups excluding tert-OH is 2. The van der Waals surface area contributed by atoms with E-state index in [1.165, 1.54) is 6.42 Å². The lowest BCUT2D eigenvalue weighted by atomic mass is 10.0. The highest BCUT2D eigenvalue weighted by molar-refractivity contribution is 8.17. The molecule has 5 nitrogen and oxygen atoms in total. The summed E-state index contributed by atoms with van der Waals surface area (Å²) >= 11 is 3.51. The Kier molecular flexibility index (Phi) is 5.44. The lowest BCUT2D eigenvalue weighted by Crippen LogP contribution is -2.53. The third-order valence-corrected chi connectivity index (χ3v) is 6.47. The molecule has 2 aliphatic heterocycles. The molecule has 2 aliphatic rings. The molecule has 0 unspecified atom stereocenters. The van der Waals surface area contributed by atoms with Gasteiger partial charge in [0.2, 0.25) is 0 Å². The van der Waals surface area contributed by atoms with Crippen molar-refractivity contribution in [3.05, 3.63) is 0 Å². The average Bonchev–Trinajstić information content (AvgIpc) is 2.77. The molecule has 0 aliphatic carbocycles. The smallest absolute Gasteiger partial charge is 0.163 e. The second kappa shape index (κ2) is 6.51. The Morgan fingerprint density at radius 3 is 2.42 bits per heavy atom. The van der Waals surface area contributed by atoms with Crippen molar-refractivity contribution in [2.45, 2.75) is 55.0 Å². The molecule has 4 N–H and O–H groups in total. The van der Waals surface area contributed by atoms with Gasteiger partial charge in [0.15, 0.2) is 5.79 Å². The molecule has 0 radical (unpaired) electrons. The molecule has 112 valence electrons. The van der Waals surface area contributed by atoms with Crippen LogP contribution in [0.5, 0.6) is 0 Å².